The molecule has 0 radical (unpaired) electrons. The van der Waals surface area contributed by atoms with Gasteiger partial charge in [-0.2, -0.15) is 13.2 Å². The maximum Gasteiger partial charge on any atom is 0.416 e. The van der Waals surface area contributed by atoms with Gasteiger partial charge in [-0.05, 0) is 24.3 Å². The second kappa shape index (κ2) is 8.04. The van der Waals surface area contributed by atoms with Crippen molar-refractivity contribution in [1.82, 2.24) is 0 Å². The van der Waals surface area contributed by atoms with Gasteiger partial charge in [-0.15, -0.1) is 0 Å². The van der Waals surface area contributed by atoms with Crippen molar-refractivity contribution in [2.75, 3.05) is 11.9 Å². The number of nitro groups is 1. The fourth-order valence-corrected chi connectivity index (χ4v) is 2.16. The Morgan fingerprint density at radius 3 is 2.52 bits per heavy atom. The number of alkyl halides is 3. The highest BCUT2D eigenvalue weighted by Gasteiger charge is 2.30. The van der Waals surface area contributed by atoms with Gasteiger partial charge in [0.25, 0.3) is 11.6 Å². The number of ether oxygens (including phenoxy) is 1. The monoisotopic (exact) mass is 402 g/mol. The Labute approximate surface area is 154 Å². The predicted octanol–water partition coefficient (Wildman–Crippen LogP) is 4.06. The number of carbonyl (C=O) groups excluding carboxylic acids is 2. The Balaban J connectivity index is 2.01. The number of nitrogens with one attached hydrogen (secondary N) is 1. The normalized spacial score (nSPS) is 11.0. The van der Waals surface area contributed by atoms with Crippen LogP contribution in [-0.4, -0.2) is 23.4 Å². The number of nitro benzene ring substituents is 1. The fourth-order valence-electron chi connectivity index (χ4n) is 1.96. The van der Waals surface area contributed by atoms with Gasteiger partial charge in [0.1, 0.15) is 0 Å². The van der Waals surface area contributed by atoms with Crippen LogP contribution in [0, 0.1) is 10.1 Å². The van der Waals surface area contributed by atoms with Crippen LogP contribution in [0.15, 0.2) is 42.5 Å². The van der Waals surface area contributed by atoms with Crippen LogP contribution in [0.3, 0.4) is 0 Å². The lowest BCUT2D eigenvalue weighted by atomic mass is 10.2. The second-order valence-electron chi connectivity index (χ2n) is 5.12. The smallest absolute Gasteiger partial charge is 0.416 e. The number of nitrogens with zero attached hydrogens (tertiary/aromatic N) is 1. The number of anilines is 1. The number of amides is 1. The molecule has 0 aliphatic heterocycles. The molecule has 0 atom stereocenters. The van der Waals surface area contributed by atoms with Crippen molar-refractivity contribution in [2.24, 2.45) is 0 Å². The summed E-state index contributed by atoms with van der Waals surface area (Å²) in [6.07, 6.45) is -4.58. The minimum absolute atomic E-state index is 0.121. The molecule has 1 N–H and O–H groups in total. The molecule has 0 fully saturated rings. The molecule has 0 bridgehead atoms. The van der Waals surface area contributed by atoms with E-state index in [0.717, 1.165) is 36.4 Å². The van der Waals surface area contributed by atoms with Crippen LogP contribution in [0.5, 0.6) is 0 Å². The average molecular weight is 403 g/mol. The van der Waals surface area contributed by atoms with E-state index >= 15 is 0 Å². The summed E-state index contributed by atoms with van der Waals surface area (Å²) in [5, 5.41) is 12.7. The molecule has 0 heterocycles. The molecule has 27 heavy (non-hydrogen) atoms. The van der Waals surface area contributed by atoms with Gasteiger partial charge in [-0.3, -0.25) is 14.9 Å². The van der Waals surface area contributed by atoms with E-state index in [1.807, 2.05) is 0 Å². The lowest BCUT2D eigenvalue weighted by Crippen LogP contribution is -2.21. The standard InChI is InChI=1S/C16H10ClF3N2O5/c17-13-5-4-11(22(25)26)7-12(13)15(24)27-8-14(23)21-10-3-1-2-9(6-10)16(18,19)20/h1-7H,8H2,(H,21,23). The van der Waals surface area contributed by atoms with Crippen LogP contribution in [0.25, 0.3) is 0 Å². The number of non-ortho nitro benzene ring substituents is 1. The summed E-state index contributed by atoms with van der Waals surface area (Å²) >= 11 is 5.77. The van der Waals surface area contributed by atoms with E-state index in [0.29, 0.717) is 0 Å². The Kier molecular flexibility index (Phi) is 6.01. The van der Waals surface area contributed by atoms with E-state index in [-0.39, 0.29) is 16.3 Å². The van der Waals surface area contributed by atoms with Gasteiger partial charge in [0.05, 0.1) is 21.1 Å². The van der Waals surface area contributed by atoms with Gasteiger partial charge < -0.3 is 10.1 Å². The maximum atomic E-state index is 12.6. The summed E-state index contributed by atoms with van der Waals surface area (Å²) < 4.78 is 42.6. The Hall–Kier alpha value is -3.14. The van der Waals surface area contributed by atoms with Crippen molar-refractivity contribution in [2.45, 2.75) is 6.18 Å². The zero-order chi connectivity index (χ0) is 20.2. The van der Waals surface area contributed by atoms with E-state index in [4.69, 9.17) is 16.3 Å². The molecule has 2 aromatic rings. The highest BCUT2D eigenvalue weighted by Crippen LogP contribution is 2.30. The maximum absolute atomic E-state index is 12.6. The molecule has 142 valence electrons. The van der Waals surface area contributed by atoms with Gasteiger partial charge in [-0.1, -0.05) is 17.7 Å². The lowest BCUT2D eigenvalue weighted by Gasteiger charge is -2.10. The summed E-state index contributed by atoms with van der Waals surface area (Å²) in [4.78, 5) is 33.7. The number of hydrogen-bond donors (Lipinski definition) is 1. The molecule has 1 amide bonds. The van der Waals surface area contributed by atoms with Crippen molar-refractivity contribution in [3.8, 4) is 0 Å². The number of halogens is 4. The van der Waals surface area contributed by atoms with Crippen LogP contribution in [-0.2, 0) is 15.7 Å². The molecule has 0 saturated carbocycles. The van der Waals surface area contributed by atoms with E-state index < -0.39 is 40.8 Å². The van der Waals surface area contributed by atoms with Crippen LogP contribution in [0.1, 0.15) is 15.9 Å². The van der Waals surface area contributed by atoms with E-state index in [1.54, 1.807) is 0 Å². The van der Waals surface area contributed by atoms with Crippen LogP contribution < -0.4 is 5.32 Å². The summed E-state index contributed by atoms with van der Waals surface area (Å²) in [5.74, 6) is -1.99. The van der Waals surface area contributed by atoms with Crippen molar-refractivity contribution in [1.29, 1.82) is 0 Å². The summed E-state index contributed by atoms with van der Waals surface area (Å²) in [6, 6.07) is 6.98. The zero-order valence-electron chi connectivity index (χ0n) is 13.2. The first-order valence-electron chi connectivity index (χ1n) is 7.16. The molecular formula is C16H10ClF3N2O5. The van der Waals surface area contributed by atoms with Crippen LogP contribution >= 0.6 is 11.6 Å². The molecule has 7 nitrogen and oxygen atoms in total. The third-order valence-electron chi connectivity index (χ3n) is 3.19. The Morgan fingerprint density at radius 1 is 1.19 bits per heavy atom. The minimum Gasteiger partial charge on any atom is -0.452 e. The summed E-state index contributed by atoms with van der Waals surface area (Å²) in [7, 11) is 0. The molecule has 0 unspecified atom stereocenters. The summed E-state index contributed by atoms with van der Waals surface area (Å²) in [6.45, 7) is -0.825. The average Bonchev–Trinajstić information content (AvgIpc) is 2.59. The van der Waals surface area contributed by atoms with Crippen molar-refractivity contribution in [3.05, 3.63) is 68.7 Å². The minimum atomic E-state index is -4.58. The molecule has 0 aliphatic carbocycles. The first kappa shape index (κ1) is 20.2. The third-order valence-corrected chi connectivity index (χ3v) is 3.52. The number of esters is 1. The predicted molar refractivity (Wildman–Crippen MR) is 88.5 cm³/mol. The zero-order valence-corrected chi connectivity index (χ0v) is 14.0. The Bertz CT molecular complexity index is 902. The van der Waals surface area contributed by atoms with Gasteiger partial charge >= 0.3 is 12.1 Å². The SMILES string of the molecule is O=C(COC(=O)c1cc([N+](=O)[O-])ccc1Cl)Nc1cccc(C(F)(F)F)c1. The molecule has 11 heteroatoms. The van der Waals surface area contributed by atoms with Gasteiger partial charge in [0.15, 0.2) is 6.61 Å². The summed E-state index contributed by atoms with van der Waals surface area (Å²) in [5.41, 5.74) is -1.82. The third kappa shape index (κ3) is 5.42. The van der Waals surface area contributed by atoms with Crippen LogP contribution in [0.2, 0.25) is 5.02 Å². The fraction of sp³-hybridized carbons (Fsp3) is 0.125. The lowest BCUT2D eigenvalue weighted by molar-refractivity contribution is -0.384. The number of rotatable bonds is 5. The van der Waals surface area contributed by atoms with Crippen molar-refractivity contribution in [3.63, 3.8) is 0 Å². The molecule has 0 aliphatic rings. The molecule has 0 aromatic heterocycles. The van der Waals surface area contributed by atoms with Gasteiger partial charge in [-0.25, -0.2) is 4.79 Å². The number of benzene rings is 2. The molecular weight excluding hydrogens is 393 g/mol. The number of carbonyl (C=O) groups is 2. The molecule has 0 spiro atoms. The second-order valence-corrected chi connectivity index (χ2v) is 5.53. The highest BCUT2D eigenvalue weighted by atomic mass is 35.5. The quantitative estimate of drug-likeness (QED) is 0.462. The van der Waals surface area contributed by atoms with Crippen molar-refractivity contribution >= 4 is 34.9 Å². The number of hydrogen-bond acceptors (Lipinski definition) is 5. The molecule has 2 rings (SSSR count). The van der Waals surface area contributed by atoms with Gasteiger partial charge in [0.2, 0.25) is 0 Å². The van der Waals surface area contributed by atoms with Gasteiger partial charge in [0, 0.05) is 17.8 Å². The van der Waals surface area contributed by atoms with E-state index in [9.17, 15) is 32.9 Å². The largest absolute Gasteiger partial charge is 0.452 e. The first-order chi connectivity index (χ1) is 12.6. The van der Waals surface area contributed by atoms with E-state index in [1.165, 1.54) is 6.07 Å². The van der Waals surface area contributed by atoms with E-state index in [2.05, 4.69) is 5.32 Å². The highest BCUT2D eigenvalue weighted by molar-refractivity contribution is 6.33. The Morgan fingerprint density at radius 2 is 1.89 bits per heavy atom. The topological polar surface area (TPSA) is 98.5 Å². The van der Waals surface area contributed by atoms with Crippen molar-refractivity contribution < 1.29 is 32.4 Å². The molecule has 0 saturated heterocycles. The van der Waals surface area contributed by atoms with Crippen LogP contribution in [0.4, 0.5) is 24.5 Å². The molecule has 2 aromatic carbocycles. The first-order valence-corrected chi connectivity index (χ1v) is 7.54.